The van der Waals surface area contributed by atoms with Gasteiger partial charge in [0, 0.05) is 25.2 Å². The highest BCUT2D eigenvalue weighted by Crippen LogP contribution is 2.38. The zero-order chi connectivity index (χ0) is 7.84. The number of ketones is 2. The van der Waals surface area contributed by atoms with Gasteiger partial charge in [0.1, 0.15) is 11.6 Å². The first-order valence-corrected chi connectivity index (χ1v) is 4.32. The molecule has 60 valence electrons. The second-order valence-corrected chi connectivity index (χ2v) is 3.67. The summed E-state index contributed by atoms with van der Waals surface area (Å²) < 4.78 is 0. The third kappa shape index (κ3) is 1.10. The lowest BCUT2D eigenvalue weighted by Gasteiger charge is -2.22. The third-order valence-electron chi connectivity index (χ3n) is 2.92. The predicted molar refractivity (Wildman–Crippen MR) is 40.1 cm³/mol. The van der Waals surface area contributed by atoms with Gasteiger partial charge in [-0.15, -0.1) is 0 Å². The van der Waals surface area contributed by atoms with E-state index in [-0.39, 0.29) is 5.92 Å². The molecule has 0 aliphatic heterocycles. The average molecular weight is 152 g/mol. The van der Waals surface area contributed by atoms with Gasteiger partial charge in [-0.2, -0.15) is 0 Å². The Kier molecular flexibility index (Phi) is 1.55. The number of rotatable bonds is 0. The molecular weight excluding hydrogens is 140 g/mol. The summed E-state index contributed by atoms with van der Waals surface area (Å²) in [6, 6.07) is 0. The monoisotopic (exact) mass is 152 g/mol. The molecule has 0 radical (unpaired) electrons. The minimum Gasteiger partial charge on any atom is -0.300 e. The van der Waals surface area contributed by atoms with Crippen molar-refractivity contribution in [3.05, 3.63) is 0 Å². The summed E-state index contributed by atoms with van der Waals surface area (Å²) in [5.74, 6) is 1.18. The minimum atomic E-state index is 0.122. The molecule has 2 rings (SSSR count). The maximum absolute atomic E-state index is 11.3. The Bertz CT molecular complexity index is 208. The van der Waals surface area contributed by atoms with Gasteiger partial charge in [0.15, 0.2) is 0 Å². The van der Waals surface area contributed by atoms with E-state index in [1.54, 1.807) is 0 Å². The highest BCUT2D eigenvalue weighted by molar-refractivity contribution is 5.92. The van der Waals surface area contributed by atoms with Gasteiger partial charge in [0.05, 0.1) is 0 Å². The van der Waals surface area contributed by atoms with Crippen LogP contribution in [0.1, 0.15) is 32.1 Å². The molecule has 0 bridgehead atoms. The summed E-state index contributed by atoms with van der Waals surface area (Å²) in [5.41, 5.74) is 0. The zero-order valence-electron chi connectivity index (χ0n) is 6.51. The summed E-state index contributed by atoms with van der Waals surface area (Å²) >= 11 is 0. The maximum atomic E-state index is 11.3. The highest BCUT2D eigenvalue weighted by Gasteiger charge is 2.39. The van der Waals surface area contributed by atoms with Crippen LogP contribution in [0.5, 0.6) is 0 Å². The van der Waals surface area contributed by atoms with Crippen molar-refractivity contribution in [1.82, 2.24) is 0 Å². The topological polar surface area (TPSA) is 34.1 Å². The molecule has 0 aromatic rings. The molecule has 0 heterocycles. The average Bonchev–Trinajstić information content (AvgIpc) is 2.31. The van der Waals surface area contributed by atoms with Gasteiger partial charge in [-0.05, 0) is 18.8 Å². The van der Waals surface area contributed by atoms with Crippen molar-refractivity contribution >= 4 is 11.6 Å². The Morgan fingerprint density at radius 1 is 1.18 bits per heavy atom. The molecular formula is C9H12O2. The van der Waals surface area contributed by atoms with Crippen LogP contribution in [0.15, 0.2) is 0 Å². The fourth-order valence-corrected chi connectivity index (χ4v) is 2.33. The first-order valence-electron chi connectivity index (χ1n) is 4.32. The van der Waals surface area contributed by atoms with Gasteiger partial charge in [-0.25, -0.2) is 0 Å². The minimum absolute atomic E-state index is 0.122. The van der Waals surface area contributed by atoms with Gasteiger partial charge in [0.25, 0.3) is 0 Å². The van der Waals surface area contributed by atoms with E-state index >= 15 is 0 Å². The van der Waals surface area contributed by atoms with Crippen LogP contribution in [0.3, 0.4) is 0 Å². The number of carbonyl (C=O) groups excluding carboxylic acids is 2. The Labute approximate surface area is 66.0 Å². The lowest BCUT2D eigenvalue weighted by molar-refractivity contribution is -0.126. The van der Waals surface area contributed by atoms with Gasteiger partial charge >= 0.3 is 0 Å². The van der Waals surface area contributed by atoms with E-state index < -0.39 is 0 Å². The zero-order valence-corrected chi connectivity index (χ0v) is 6.51. The molecule has 2 saturated carbocycles. The second-order valence-electron chi connectivity index (χ2n) is 3.67. The van der Waals surface area contributed by atoms with Crippen molar-refractivity contribution < 1.29 is 9.59 Å². The van der Waals surface area contributed by atoms with Crippen LogP contribution in [0, 0.1) is 11.8 Å². The molecule has 2 fully saturated rings. The summed E-state index contributed by atoms with van der Waals surface area (Å²) in [5, 5.41) is 0. The fraction of sp³-hybridized carbons (Fsp3) is 0.778. The van der Waals surface area contributed by atoms with Crippen molar-refractivity contribution in [1.29, 1.82) is 0 Å². The van der Waals surface area contributed by atoms with Crippen LogP contribution < -0.4 is 0 Å². The standard InChI is InChI=1S/C9H12O2/c10-7-4-6-2-1-3-9(11)8(6)5-7/h6,8H,1-5H2/t6-,8+/m0/s1. The molecule has 0 spiro atoms. The quantitative estimate of drug-likeness (QED) is 0.524. The molecule has 0 aromatic heterocycles. The normalized spacial score (nSPS) is 37.5. The maximum Gasteiger partial charge on any atom is 0.136 e. The Morgan fingerprint density at radius 3 is 2.73 bits per heavy atom. The number of fused-ring (bicyclic) bond motifs is 1. The molecule has 2 nitrogen and oxygen atoms in total. The number of carbonyl (C=O) groups is 2. The van der Waals surface area contributed by atoms with E-state index in [0.717, 1.165) is 12.8 Å². The molecule has 0 N–H and O–H groups in total. The Balaban J connectivity index is 2.15. The molecule has 2 aliphatic rings. The van der Waals surface area contributed by atoms with Gasteiger partial charge < -0.3 is 0 Å². The van der Waals surface area contributed by atoms with Crippen molar-refractivity contribution in [3.63, 3.8) is 0 Å². The van der Waals surface area contributed by atoms with E-state index in [9.17, 15) is 9.59 Å². The molecule has 0 unspecified atom stereocenters. The van der Waals surface area contributed by atoms with Gasteiger partial charge in [-0.3, -0.25) is 9.59 Å². The Hall–Kier alpha value is -0.660. The lowest BCUT2D eigenvalue weighted by atomic mass is 9.81. The molecule has 2 aliphatic carbocycles. The molecule has 2 heteroatoms. The first kappa shape index (κ1) is 7.01. The van der Waals surface area contributed by atoms with E-state index in [4.69, 9.17) is 0 Å². The van der Waals surface area contributed by atoms with Crippen molar-refractivity contribution in [2.24, 2.45) is 11.8 Å². The molecule has 0 aromatic carbocycles. The third-order valence-corrected chi connectivity index (χ3v) is 2.92. The molecule has 2 atom stereocenters. The van der Waals surface area contributed by atoms with E-state index in [0.29, 0.717) is 36.7 Å². The van der Waals surface area contributed by atoms with Crippen LogP contribution in [0.2, 0.25) is 0 Å². The highest BCUT2D eigenvalue weighted by atomic mass is 16.1. The number of hydrogen-bond donors (Lipinski definition) is 0. The van der Waals surface area contributed by atoms with E-state index in [1.807, 2.05) is 0 Å². The van der Waals surface area contributed by atoms with Crippen LogP contribution in [0.25, 0.3) is 0 Å². The molecule has 11 heavy (non-hydrogen) atoms. The summed E-state index contributed by atoms with van der Waals surface area (Å²) in [6.45, 7) is 0. The first-order chi connectivity index (χ1) is 5.27. The predicted octanol–water partition coefficient (Wildman–Crippen LogP) is 1.33. The van der Waals surface area contributed by atoms with Gasteiger partial charge in [-0.1, -0.05) is 0 Å². The molecule has 0 amide bonds. The summed E-state index contributed by atoms with van der Waals surface area (Å²) in [7, 11) is 0. The SMILES string of the molecule is O=C1C[C@@H]2CCCC(=O)[C@@H]2C1. The number of Topliss-reactive ketones (excluding diaryl/α,β-unsaturated/α-hetero) is 2. The van der Waals surface area contributed by atoms with Crippen LogP contribution >= 0.6 is 0 Å². The van der Waals surface area contributed by atoms with Crippen molar-refractivity contribution in [2.45, 2.75) is 32.1 Å². The fourth-order valence-electron chi connectivity index (χ4n) is 2.33. The largest absolute Gasteiger partial charge is 0.300 e. The van der Waals surface area contributed by atoms with E-state index in [2.05, 4.69) is 0 Å². The summed E-state index contributed by atoms with van der Waals surface area (Å²) in [4.78, 5) is 22.3. The lowest BCUT2D eigenvalue weighted by Crippen LogP contribution is -2.23. The van der Waals surface area contributed by atoms with Crippen LogP contribution in [-0.2, 0) is 9.59 Å². The summed E-state index contributed by atoms with van der Waals surface area (Å²) in [6.07, 6.45) is 4.05. The van der Waals surface area contributed by atoms with Crippen LogP contribution in [-0.4, -0.2) is 11.6 Å². The second kappa shape index (κ2) is 2.43. The smallest absolute Gasteiger partial charge is 0.136 e. The van der Waals surface area contributed by atoms with Crippen molar-refractivity contribution in [2.75, 3.05) is 0 Å². The van der Waals surface area contributed by atoms with Crippen molar-refractivity contribution in [3.8, 4) is 0 Å². The van der Waals surface area contributed by atoms with Crippen LogP contribution in [0.4, 0.5) is 0 Å². The number of hydrogen-bond acceptors (Lipinski definition) is 2. The van der Waals surface area contributed by atoms with Gasteiger partial charge in [0.2, 0.25) is 0 Å². The Morgan fingerprint density at radius 2 is 2.00 bits per heavy atom. The molecule has 0 saturated heterocycles. The van der Waals surface area contributed by atoms with E-state index in [1.165, 1.54) is 0 Å².